The maximum atomic E-state index is 4.36. The fourth-order valence-corrected chi connectivity index (χ4v) is 3.48. The van der Waals surface area contributed by atoms with E-state index in [0.717, 1.165) is 19.6 Å². The summed E-state index contributed by atoms with van der Waals surface area (Å²) in [5.74, 6) is 0. The van der Waals surface area contributed by atoms with E-state index in [1.54, 1.807) is 0 Å². The second-order valence-electron chi connectivity index (χ2n) is 5.83. The average molecular weight is 248 g/mol. The van der Waals surface area contributed by atoms with Crippen LogP contribution in [-0.2, 0) is 13.1 Å². The number of nitrogens with one attached hydrogen (secondary N) is 1. The Hall–Kier alpha value is -0.870. The molecule has 0 amide bonds. The monoisotopic (exact) mass is 248 g/mol. The lowest BCUT2D eigenvalue weighted by molar-refractivity contribution is 0.129. The first kappa shape index (κ1) is 12.2. The summed E-state index contributed by atoms with van der Waals surface area (Å²) in [4.78, 5) is 2.60. The molecule has 1 saturated heterocycles. The summed E-state index contributed by atoms with van der Waals surface area (Å²) in [6, 6.07) is 0. The SMILES string of the molecule is CCn1cc(CN2CCNC3(CCCC3)C2)cn1. The molecule has 0 unspecified atom stereocenters. The molecule has 0 aromatic carbocycles. The molecule has 1 aliphatic heterocycles. The van der Waals surface area contributed by atoms with Crippen molar-refractivity contribution < 1.29 is 0 Å². The molecular formula is C14H24N4. The van der Waals surface area contributed by atoms with Gasteiger partial charge in [0.25, 0.3) is 0 Å². The minimum atomic E-state index is 0.430. The molecule has 0 radical (unpaired) electrons. The molecule has 100 valence electrons. The number of hydrogen-bond acceptors (Lipinski definition) is 3. The number of piperazine rings is 1. The van der Waals surface area contributed by atoms with E-state index in [2.05, 4.69) is 28.4 Å². The summed E-state index contributed by atoms with van der Waals surface area (Å²) in [7, 11) is 0. The Labute approximate surface area is 109 Å². The van der Waals surface area contributed by atoms with E-state index in [1.165, 1.54) is 44.3 Å². The minimum absolute atomic E-state index is 0.430. The zero-order chi connectivity index (χ0) is 12.4. The topological polar surface area (TPSA) is 33.1 Å². The Bertz CT molecular complexity index is 392. The smallest absolute Gasteiger partial charge is 0.0534 e. The van der Waals surface area contributed by atoms with Crippen LogP contribution in [-0.4, -0.2) is 39.9 Å². The third-order valence-corrected chi connectivity index (χ3v) is 4.43. The highest BCUT2D eigenvalue weighted by molar-refractivity contribution is 5.06. The normalized spacial score (nSPS) is 23.8. The van der Waals surface area contributed by atoms with Crippen molar-refractivity contribution in [2.45, 2.75) is 51.2 Å². The fraction of sp³-hybridized carbons (Fsp3) is 0.786. The van der Waals surface area contributed by atoms with Crippen molar-refractivity contribution in [3.63, 3.8) is 0 Å². The number of aromatic nitrogens is 2. The molecule has 1 N–H and O–H groups in total. The summed E-state index contributed by atoms with van der Waals surface area (Å²) in [6.07, 6.45) is 9.72. The molecule has 1 saturated carbocycles. The van der Waals surface area contributed by atoms with Crippen molar-refractivity contribution in [2.24, 2.45) is 0 Å². The lowest BCUT2D eigenvalue weighted by atomic mass is 9.94. The zero-order valence-corrected chi connectivity index (χ0v) is 11.4. The number of hydrogen-bond donors (Lipinski definition) is 1. The summed E-state index contributed by atoms with van der Waals surface area (Å²) in [6.45, 7) is 7.68. The molecule has 3 rings (SSSR count). The Morgan fingerprint density at radius 3 is 2.94 bits per heavy atom. The largest absolute Gasteiger partial charge is 0.309 e. The summed E-state index contributed by atoms with van der Waals surface area (Å²) in [5, 5.41) is 8.13. The van der Waals surface area contributed by atoms with Crippen molar-refractivity contribution in [2.75, 3.05) is 19.6 Å². The summed E-state index contributed by atoms with van der Waals surface area (Å²) < 4.78 is 2.02. The van der Waals surface area contributed by atoms with Gasteiger partial charge >= 0.3 is 0 Å². The first-order valence-corrected chi connectivity index (χ1v) is 7.28. The van der Waals surface area contributed by atoms with Gasteiger partial charge in [-0.1, -0.05) is 12.8 Å². The van der Waals surface area contributed by atoms with E-state index in [-0.39, 0.29) is 0 Å². The van der Waals surface area contributed by atoms with Gasteiger partial charge in [0, 0.05) is 50.0 Å². The third-order valence-electron chi connectivity index (χ3n) is 4.43. The second-order valence-corrected chi connectivity index (χ2v) is 5.83. The van der Waals surface area contributed by atoms with Crippen molar-refractivity contribution in [3.05, 3.63) is 18.0 Å². The first-order chi connectivity index (χ1) is 8.80. The van der Waals surface area contributed by atoms with E-state index in [0.29, 0.717) is 5.54 Å². The maximum Gasteiger partial charge on any atom is 0.0534 e. The Morgan fingerprint density at radius 2 is 2.22 bits per heavy atom. The molecule has 1 aliphatic carbocycles. The van der Waals surface area contributed by atoms with Crippen molar-refractivity contribution in [1.29, 1.82) is 0 Å². The second kappa shape index (κ2) is 5.02. The van der Waals surface area contributed by atoms with Gasteiger partial charge in [0.1, 0.15) is 0 Å². The van der Waals surface area contributed by atoms with Crippen LogP contribution in [0.4, 0.5) is 0 Å². The van der Waals surface area contributed by atoms with Crippen molar-refractivity contribution >= 4 is 0 Å². The number of rotatable bonds is 3. The highest BCUT2D eigenvalue weighted by atomic mass is 15.3. The Kier molecular flexibility index (Phi) is 3.39. The third kappa shape index (κ3) is 2.45. The van der Waals surface area contributed by atoms with Gasteiger partial charge in [0.2, 0.25) is 0 Å². The van der Waals surface area contributed by atoms with Crippen molar-refractivity contribution in [1.82, 2.24) is 20.0 Å². The van der Waals surface area contributed by atoms with Gasteiger partial charge in [-0.2, -0.15) is 5.10 Å². The molecule has 0 atom stereocenters. The molecule has 2 fully saturated rings. The highest BCUT2D eigenvalue weighted by Gasteiger charge is 2.37. The highest BCUT2D eigenvalue weighted by Crippen LogP contribution is 2.32. The zero-order valence-electron chi connectivity index (χ0n) is 11.4. The van der Waals surface area contributed by atoms with E-state index < -0.39 is 0 Å². The van der Waals surface area contributed by atoms with Crippen LogP contribution in [0.25, 0.3) is 0 Å². The molecule has 1 spiro atoms. The lowest BCUT2D eigenvalue weighted by Crippen LogP contribution is -2.58. The van der Waals surface area contributed by atoms with E-state index in [9.17, 15) is 0 Å². The molecule has 1 aromatic rings. The fourth-order valence-electron chi connectivity index (χ4n) is 3.48. The van der Waals surface area contributed by atoms with Crippen LogP contribution in [0.2, 0.25) is 0 Å². The Balaban J connectivity index is 1.62. The first-order valence-electron chi connectivity index (χ1n) is 7.28. The molecule has 4 heteroatoms. The standard InChI is InChI=1S/C14H24N4/c1-2-18-11-13(9-16-18)10-17-8-7-15-14(12-17)5-3-4-6-14/h9,11,15H,2-8,10,12H2,1H3. The van der Waals surface area contributed by atoms with Crippen LogP contribution in [0.1, 0.15) is 38.2 Å². The van der Waals surface area contributed by atoms with Crippen LogP contribution in [0.5, 0.6) is 0 Å². The predicted octanol–water partition coefficient (Wildman–Crippen LogP) is 1.62. The summed E-state index contributed by atoms with van der Waals surface area (Å²) >= 11 is 0. The predicted molar refractivity (Wildman–Crippen MR) is 72.4 cm³/mol. The van der Waals surface area contributed by atoms with Gasteiger partial charge in [-0.25, -0.2) is 0 Å². The lowest BCUT2D eigenvalue weighted by Gasteiger charge is -2.41. The van der Waals surface area contributed by atoms with Gasteiger partial charge < -0.3 is 5.32 Å². The van der Waals surface area contributed by atoms with Crippen LogP contribution in [0.15, 0.2) is 12.4 Å². The molecule has 2 heterocycles. The van der Waals surface area contributed by atoms with Gasteiger partial charge in [0.15, 0.2) is 0 Å². The van der Waals surface area contributed by atoms with Gasteiger partial charge in [-0.3, -0.25) is 9.58 Å². The maximum absolute atomic E-state index is 4.36. The van der Waals surface area contributed by atoms with E-state index in [1.807, 2.05) is 10.9 Å². The van der Waals surface area contributed by atoms with Gasteiger partial charge in [-0.15, -0.1) is 0 Å². The molecule has 0 bridgehead atoms. The van der Waals surface area contributed by atoms with Crippen LogP contribution in [0, 0.1) is 0 Å². The van der Waals surface area contributed by atoms with Gasteiger partial charge in [-0.05, 0) is 19.8 Å². The average Bonchev–Trinajstić information content (AvgIpc) is 2.99. The molecule has 18 heavy (non-hydrogen) atoms. The minimum Gasteiger partial charge on any atom is -0.309 e. The van der Waals surface area contributed by atoms with Gasteiger partial charge in [0.05, 0.1) is 6.20 Å². The molecule has 1 aromatic heterocycles. The molecule has 4 nitrogen and oxygen atoms in total. The van der Waals surface area contributed by atoms with Crippen LogP contribution < -0.4 is 5.32 Å². The van der Waals surface area contributed by atoms with Crippen molar-refractivity contribution in [3.8, 4) is 0 Å². The quantitative estimate of drug-likeness (QED) is 0.882. The van der Waals surface area contributed by atoms with Crippen LogP contribution >= 0.6 is 0 Å². The van der Waals surface area contributed by atoms with E-state index in [4.69, 9.17) is 0 Å². The summed E-state index contributed by atoms with van der Waals surface area (Å²) in [5.41, 5.74) is 1.78. The molecular weight excluding hydrogens is 224 g/mol. The van der Waals surface area contributed by atoms with Crippen LogP contribution in [0.3, 0.4) is 0 Å². The number of aryl methyl sites for hydroxylation is 1. The molecule has 2 aliphatic rings. The number of nitrogens with zero attached hydrogens (tertiary/aromatic N) is 3. The Morgan fingerprint density at radius 1 is 1.39 bits per heavy atom. The van der Waals surface area contributed by atoms with E-state index >= 15 is 0 Å².